The number of aryl methyl sites for hydroxylation is 1. The smallest absolute Gasteiger partial charge is 0.139 e. The average molecular weight is 297 g/mol. The minimum Gasteiger partial charge on any atom is -0.389 e. The highest BCUT2D eigenvalue weighted by Crippen LogP contribution is 2.21. The van der Waals surface area contributed by atoms with Crippen molar-refractivity contribution in [1.29, 1.82) is 0 Å². The Labute approximate surface area is 126 Å². The first-order valence-electron chi connectivity index (χ1n) is 6.60. The summed E-state index contributed by atoms with van der Waals surface area (Å²) in [5.41, 5.74) is 7.73. The number of aromatic nitrogens is 1. The van der Waals surface area contributed by atoms with Crippen molar-refractivity contribution in [2.24, 2.45) is 5.73 Å². The van der Waals surface area contributed by atoms with E-state index in [2.05, 4.69) is 9.88 Å². The van der Waals surface area contributed by atoms with Crippen LogP contribution in [0.15, 0.2) is 12.3 Å². The number of methoxy groups -OCH3 is 2. The quantitative estimate of drug-likeness (QED) is 0.551. The molecule has 1 aromatic heterocycles. The molecule has 2 N–H and O–H groups in total. The normalized spacial score (nSPS) is 10.6. The summed E-state index contributed by atoms with van der Waals surface area (Å²) < 4.78 is 10.3. The number of hydrogen-bond donors (Lipinski definition) is 1. The van der Waals surface area contributed by atoms with Gasteiger partial charge in [0.25, 0.3) is 0 Å². The van der Waals surface area contributed by atoms with Gasteiger partial charge < -0.3 is 20.1 Å². The molecular weight excluding hydrogens is 274 g/mol. The largest absolute Gasteiger partial charge is 0.389 e. The number of thiocarbonyl (C=S) groups is 1. The van der Waals surface area contributed by atoms with Crippen molar-refractivity contribution in [2.45, 2.75) is 13.3 Å². The van der Waals surface area contributed by atoms with Crippen LogP contribution in [-0.2, 0) is 9.47 Å². The van der Waals surface area contributed by atoms with Crippen molar-refractivity contribution in [3.05, 3.63) is 23.4 Å². The zero-order chi connectivity index (χ0) is 15.0. The average Bonchev–Trinajstić information content (AvgIpc) is 2.42. The van der Waals surface area contributed by atoms with E-state index in [4.69, 9.17) is 27.4 Å². The van der Waals surface area contributed by atoms with Gasteiger partial charge in [0.15, 0.2) is 0 Å². The molecule has 0 amide bonds. The van der Waals surface area contributed by atoms with Gasteiger partial charge in [-0.2, -0.15) is 0 Å². The molecule has 0 aliphatic rings. The fraction of sp³-hybridized carbons (Fsp3) is 0.571. The summed E-state index contributed by atoms with van der Waals surface area (Å²) in [4.78, 5) is 6.97. The van der Waals surface area contributed by atoms with E-state index in [0.29, 0.717) is 18.2 Å². The van der Waals surface area contributed by atoms with E-state index < -0.39 is 0 Å². The number of anilines is 1. The number of pyridine rings is 1. The molecule has 112 valence electrons. The molecule has 0 saturated carbocycles. The lowest BCUT2D eigenvalue weighted by atomic mass is 10.1. The molecule has 6 heteroatoms. The minimum atomic E-state index is 0.375. The Morgan fingerprint density at radius 1 is 1.30 bits per heavy atom. The maximum absolute atomic E-state index is 5.85. The van der Waals surface area contributed by atoms with E-state index >= 15 is 0 Å². The minimum absolute atomic E-state index is 0.375. The highest BCUT2D eigenvalue weighted by Gasteiger charge is 2.16. The number of rotatable bonds is 9. The maximum Gasteiger partial charge on any atom is 0.139 e. The Morgan fingerprint density at radius 3 is 2.60 bits per heavy atom. The molecular formula is C14H23N3O2S. The molecule has 0 saturated heterocycles. The van der Waals surface area contributed by atoms with E-state index in [9.17, 15) is 0 Å². The second-order valence-electron chi connectivity index (χ2n) is 4.52. The van der Waals surface area contributed by atoms with Crippen LogP contribution >= 0.6 is 12.2 Å². The molecule has 1 rings (SSSR count). The first kappa shape index (κ1) is 16.8. The van der Waals surface area contributed by atoms with Gasteiger partial charge in [0.05, 0.1) is 12.2 Å². The van der Waals surface area contributed by atoms with Crippen LogP contribution in [-0.4, -0.2) is 50.5 Å². The second kappa shape index (κ2) is 8.84. The molecule has 0 aliphatic carbocycles. The highest BCUT2D eigenvalue weighted by molar-refractivity contribution is 7.80. The summed E-state index contributed by atoms with van der Waals surface area (Å²) in [6.07, 6.45) is 2.69. The predicted molar refractivity (Wildman–Crippen MR) is 85.4 cm³/mol. The number of ether oxygens (including phenoxy) is 2. The zero-order valence-corrected chi connectivity index (χ0v) is 13.2. The molecule has 0 unspecified atom stereocenters. The van der Waals surface area contributed by atoms with Crippen molar-refractivity contribution in [1.82, 2.24) is 4.98 Å². The molecule has 1 heterocycles. The van der Waals surface area contributed by atoms with E-state index in [0.717, 1.165) is 36.5 Å². The molecule has 5 nitrogen and oxygen atoms in total. The Morgan fingerprint density at radius 2 is 2.00 bits per heavy atom. The van der Waals surface area contributed by atoms with Crippen LogP contribution in [0, 0.1) is 6.92 Å². The summed E-state index contributed by atoms with van der Waals surface area (Å²) >= 11 is 5.16. The monoisotopic (exact) mass is 297 g/mol. The third kappa shape index (κ3) is 4.70. The molecule has 0 aliphatic heterocycles. The van der Waals surface area contributed by atoms with Gasteiger partial charge in [-0.05, 0) is 25.0 Å². The van der Waals surface area contributed by atoms with Gasteiger partial charge in [0.1, 0.15) is 10.8 Å². The fourth-order valence-corrected chi connectivity index (χ4v) is 2.27. The predicted octanol–water partition coefficient (Wildman–Crippen LogP) is 1.51. The van der Waals surface area contributed by atoms with Crippen LogP contribution in [0.5, 0.6) is 0 Å². The summed E-state index contributed by atoms with van der Waals surface area (Å²) in [5, 5.41) is 0. The van der Waals surface area contributed by atoms with Crippen LogP contribution in [0.4, 0.5) is 5.82 Å². The van der Waals surface area contributed by atoms with Crippen molar-refractivity contribution in [3.63, 3.8) is 0 Å². The molecule has 0 atom stereocenters. The molecule has 20 heavy (non-hydrogen) atoms. The molecule has 1 aromatic rings. The third-order valence-corrected chi connectivity index (χ3v) is 3.23. The lowest BCUT2D eigenvalue weighted by Gasteiger charge is -2.26. The SMILES string of the molecule is COCCCN(CCOC)c1nccc(C)c1C(N)=S. The standard InChI is InChI=1S/C14H23N3O2S/c1-11-5-6-16-14(12(11)13(15)20)17(8-10-19-3)7-4-9-18-2/h5-6H,4,7-10H2,1-3H3,(H2,15,20). The second-order valence-corrected chi connectivity index (χ2v) is 4.96. The first-order chi connectivity index (χ1) is 9.61. The molecule has 0 spiro atoms. The molecule has 0 fully saturated rings. The maximum atomic E-state index is 5.85. The van der Waals surface area contributed by atoms with Crippen molar-refractivity contribution in [3.8, 4) is 0 Å². The lowest BCUT2D eigenvalue weighted by Crippen LogP contribution is -2.32. The number of hydrogen-bond acceptors (Lipinski definition) is 5. The zero-order valence-electron chi connectivity index (χ0n) is 12.4. The number of nitrogens with two attached hydrogens (primary N) is 1. The van der Waals surface area contributed by atoms with Crippen LogP contribution in [0.2, 0.25) is 0 Å². The van der Waals surface area contributed by atoms with Crippen LogP contribution < -0.4 is 10.6 Å². The Kier molecular flexibility index (Phi) is 7.43. The summed E-state index contributed by atoms with van der Waals surface area (Å²) in [6, 6.07) is 1.92. The summed E-state index contributed by atoms with van der Waals surface area (Å²) in [7, 11) is 3.39. The fourth-order valence-electron chi connectivity index (χ4n) is 2.01. The van der Waals surface area contributed by atoms with Gasteiger partial charge in [-0.25, -0.2) is 4.98 Å². The van der Waals surface area contributed by atoms with Gasteiger partial charge in [-0.15, -0.1) is 0 Å². The first-order valence-corrected chi connectivity index (χ1v) is 7.00. The number of nitrogens with zero attached hydrogens (tertiary/aromatic N) is 2. The van der Waals surface area contributed by atoms with Crippen LogP contribution in [0.25, 0.3) is 0 Å². The van der Waals surface area contributed by atoms with E-state index in [1.54, 1.807) is 20.4 Å². The van der Waals surface area contributed by atoms with E-state index in [1.807, 2.05) is 13.0 Å². The lowest BCUT2D eigenvalue weighted by molar-refractivity contribution is 0.191. The van der Waals surface area contributed by atoms with E-state index in [-0.39, 0.29) is 0 Å². The molecule has 0 bridgehead atoms. The Balaban J connectivity index is 2.99. The van der Waals surface area contributed by atoms with Crippen molar-refractivity contribution in [2.75, 3.05) is 45.4 Å². The summed E-state index contributed by atoms with van der Waals surface area (Å²) in [6.45, 7) is 4.88. The highest BCUT2D eigenvalue weighted by atomic mass is 32.1. The summed E-state index contributed by atoms with van der Waals surface area (Å²) in [5.74, 6) is 0.825. The van der Waals surface area contributed by atoms with Gasteiger partial charge in [-0.1, -0.05) is 12.2 Å². The van der Waals surface area contributed by atoms with Gasteiger partial charge in [0.2, 0.25) is 0 Å². The van der Waals surface area contributed by atoms with Crippen LogP contribution in [0.3, 0.4) is 0 Å². The topological polar surface area (TPSA) is 60.6 Å². The Bertz CT molecular complexity index is 440. The third-order valence-electron chi connectivity index (χ3n) is 3.03. The Hall–Kier alpha value is -1.24. The van der Waals surface area contributed by atoms with Crippen molar-refractivity contribution >= 4 is 23.0 Å². The van der Waals surface area contributed by atoms with Gasteiger partial charge in [-0.3, -0.25) is 0 Å². The van der Waals surface area contributed by atoms with Crippen molar-refractivity contribution < 1.29 is 9.47 Å². The van der Waals surface area contributed by atoms with Gasteiger partial charge >= 0.3 is 0 Å². The van der Waals surface area contributed by atoms with Crippen LogP contribution in [0.1, 0.15) is 17.5 Å². The van der Waals surface area contributed by atoms with E-state index in [1.165, 1.54) is 0 Å². The van der Waals surface area contributed by atoms with Gasteiger partial charge in [0, 0.05) is 40.1 Å². The molecule has 0 radical (unpaired) electrons. The molecule has 0 aromatic carbocycles.